The number of allylic oxidation sites excluding steroid dienone is 1. The molecule has 0 fully saturated rings. The van der Waals surface area contributed by atoms with Crippen molar-refractivity contribution in [2.24, 2.45) is 17.8 Å². The SMILES string of the molecule is CC[C@H](O)[C@@H](C)[C@@H](O)[C@H](C)[C@@H](O)[C@@H](C)[C@@H](O)C/C=C(\C)I. The highest BCUT2D eigenvalue weighted by Crippen LogP contribution is 2.26. The van der Waals surface area contributed by atoms with E-state index in [9.17, 15) is 20.4 Å². The molecular formula is C16H31IO4. The minimum atomic E-state index is -0.815. The number of hydrogen-bond donors (Lipinski definition) is 4. The third kappa shape index (κ3) is 6.95. The molecule has 21 heavy (non-hydrogen) atoms. The lowest BCUT2D eigenvalue weighted by molar-refractivity contribution is -0.0755. The summed E-state index contributed by atoms with van der Waals surface area (Å²) in [6.07, 6.45) is 0.141. The van der Waals surface area contributed by atoms with Gasteiger partial charge in [-0.1, -0.05) is 33.8 Å². The fourth-order valence-corrected chi connectivity index (χ4v) is 2.74. The zero-order chi connectivity index (χ0) is 16.7. The lowest BCUT2D eigenvalue weighted by atomic mass is 9.80. The van der Waals surface area contributed by atoms with Crippen molar-refractivity contribution in [1.29, 1.82) is 0 Å². The van der Waals surface area contributed by atoms with Crippen molar-refractivity contribution >= 4 is 22.6 Å². The fourth-order valence-electron chi connectivity index (χ4n) is 2.48. The standard InChI is InChI=1S/C16H31IO4/c1-6-13(18)10(3)15(20)12(5)16(21)11(4)14(19)8-7-9(2)17/h7,10-16,18-21H,6,8H2,1-5H3/b9-7+/t10-,11+,12+,13+,14+,15-,16+/m1/s1. The van der Waals surface area contributed by atoms with Gasteiger partial charge in [0.2, 0.25) is 0 Å². The molecule has 0 unspecified atom stereocenters. The molecule has 0 radical (unpaired) electrons. The van der Waals surface area contributed by atoms with E-state index in [1.54, 1.807) is 20.8 Å². The maximum absolute atomic E-state index is 10.4. The lowest BCUT2D eigenvalue weighted by Gasteiger charge is -2.34. The molecule has 4 nitrogen and oxygen atoms in total. The van der Waals surface area contributed by atoms with Crippen LogP contribution in [0, 0.1) is 17.8 Å². The van der Waals surface area contributed by atoms with Gasteiger partial charge in [0, 0.05) is 17.8 Å². The Hall–Kier alpha value is 0.310. The first-order valence-electron chi connectivity index (χ1n) is 7.67. The number of aliphatic hydroxyl groups excluding tert-OH is 4. The van der Waals surface area contributed by atoms with E-state index in [0.717, 1.165) is 3.58 Å². The smallest absolute Gasteiger partial charge is 0.0640 e. The number of rotatable bonds is 9. The summed E-state index contributed by atoms with van der Waals surface area (Å²) in [5.41, 5.74) is 0. The summed E-state index contributed by atoms with van der Waals surface area (Å²) in [7, 11) is 0. The van der Waals surface area contributed by atoms with Gasteiger partial charge in [0.25, 0.3) is 0 Å². The molecule has 126 valence electrons. The van der Waals surface area contributed by atoms with Gasteiger partial charge in [-0.3, -0.25) is 0 Å². The second-order valence-electron chi connectivity index (χ2n) is 6.13. The Kier molecular flexibility index (Phi) is 10.3. The molecule has 7 atom stereocenters. The van der Waals surface area contributed by atoms with Gasteiger partial charge in [-0.2, -0.15) is 0 Å². The van der Waals surface area contributed by atoms with Crippen molar-refractivity contribution < 1.29 is 20.4 Å². The van der Waals surface area contributed by atoms with Crippen molar-refractivity contribution in [3.8, 4) is 0 Å². The van der Waals surface area contributed by atoms with E-state index < -0.39 is 30.3 Å². The van der Waals surface area contributed by atoms with Crippen LogP contribution in [0.3, 0.4) is 0 Å². The molecule has 0 aromatic rings. The van der Waals surface area contributed by atoms with Gasteiger partial charge in [0.1, 0.15) is 0 Å². The highest BCUT2D eigenvalue weighted by molar-refractivity contribution is 14.1. The third-order valence-electron chi connectivity index (χ3n) is 4.43. The molecular weight excluding hydrogens is 383 g/mol. The van der Waals surface area contributed by atoms with Crippen LogP contribution in [0.25, 0.3) is 0 Å². The van der Waals surface area contributed by atoms with Crippen LogP contribution in [-0.2, 0) is 0 Å². The number of aliphatic hydroxyl groups is 4. The van der Waals surface area contributed by atoms with Gasteiger partial charge in [0.15, 0.2) is 0 Å². The molecule has 0 aromatic carbocycles. The molecule has 4 N–H and O–H groups in total. The van der Waals surface area contributed by atoms with E-state index in [4.69, 9.17) is 0 Å². The van der Waals surface area contributed by atoms with Gasteiger partial charge in [-0.15, -0.1) is 0 Å². The van der Waals surface area contributed by atoms with Crippen molar-refractivity contribution in [3.05, 3.63) is 9.66 Å². The second kappa shape index (κ2) is 10.2. The van der Waals surface area contributed by atoms with Crippen LogP contribution in [0.1, 0.15) is 47.5 Å². The molecule has 0 heterocycles. The first kappa shape index (κ1) is 21.3. The molecule has 0 saturated carbocycles. The van der Waals surface area contributed by atoms with Crippen molar-refractivity contribution in [2.45, 2.75) is 71.9 Å². The largest absolute Gasteiger partial charge is 0.393 e. The van der Waals surface area contributed by atoms with Crippen LogP contribution in [-0.4, -0.2) is 44.8 Å². The first-order valence-corrected chi connectivity index (χ1v) is 8.75. The third-order valence-corrected chi connectivity index (χ3v) is 4.87. The summed E-state index contributed by atoms with van der Waals surface area (Å²) < 4.78 is 1.10. The molecule has 0 aliphatic carbocycles. The maximum Gasteiger partial charge on any atom is 0.0640 e. The number of hydrogen-bond acceptors (Lipinski definition) is 4. The lowest BCUT2D eigenvalue weighted by Crippen LogP contribution is -2.43. The molecule has 0 saturated heterocycles. The van der Waals surface area contributed by atoms with Crippen LogP contribution in [0.4, 0.5) is 0 Å². The zero-order valence-corrected chi connectivity index (χ0v) is 15.9. The molecule has 0 aromatic heterocycles. The summed E-state index contributed by atoms with van der Waals surface area (Å²) in [6, 6.07) is 0. The Balaban J connectivity index is 4.67. The van der Waals surface area contributed by atoms with E-state index in [-0.39, 0.29) is 11.8 Å². The molecule has 0 spiro atoms. The maximum atomic E-state index is 10.4. The summed E-state index contributed by atoms with van der Waals surface area (Å²) in [6.45, 7) is 9.15. The highest BCUT2D eigenvalue weighted by Gasteiger charge is 2.34. The Morgan fingerprint density at radius 3 is 1.71 bits per heavy atom. The summed E-state index contributed by atoms with van der Waals surface area (Å²) in [4.78, 5) is 0. The van der Waals surface area contributed by atoms with Gasteiger partial charge in [-0.05, 0) is 45.9 Å². The van der Waals surface area contributed by atoms with Crippen molar-refractivity contribution in [1.82, 2.24) is 0 Å². The molecule has 0 aliphatic heterocycles. The normalized spacial score (nSPS) is 23.0. The Labute approximate surface area is 142 Å². The monoisotopic (exact) mass is 414 g/mol. The topological polar surface area (TPSA) is 80.9 Å². The molecule has 0 rings (SSSR count). The summed E-state index contributed by atoms with van der Waals surface area (Å²) >= 11 is 2.18. The summed E-state index contributed by atoms with van der Waals surface area (Å²) in [5.74, 6) is -1.05. The Morgan fingerprint density at radius 2 is 1.33 bits per heavy atom. The molecule has 0 bridgehead atoms. The Bertz CT molecular complexity index is 317. The Morgan fingerprint density at radius 1 is 0.905 bits per heavy atom. The minimum absolute atomic E-state index is 0.305. The summed E-state index contributed by atoms with van der Waals surface area (Å²) in [5, 5.41) is 40.6. The van der Waals surface area contributed by atoms with Crippen LogP contribution < -0.4 is 0 Å². The molecule has 5 heteroatoms. The number of halogens is 1. The quantitative estimate of drug-likeness (QED) is 0.437. The molecule has 0 aliphatic rings. The first-order chi connectivity index (χ1) is 9.63. The minimum Gasteiger partial charge on any atom is -0.393 e. The van der Waals surface area contributed by atoms with E-state index in [2.05, 4.69) is 22.6 Å². The van der Waals surface area contributed by atoms with Crippen LogP contribution >= 0.6 is 22.6 Å². The fraction of sp³-hybridized carbons (Fsp3) is 0.875. The second-order valence-corrected chi connectivity index (χ2v) is 7.83. The van der Waals surface area contributed by atoms with E-state index in [1.807, 2.05) is 19.9 Å². The van der Waals surface area contributed by atoms with Gasteiger partial charge < -0.3 is 20.4 Å². The van der Waals surface area contributed by atoms with Crippen LogP contribution in [0.5, 0.6) is 0 Å². The van der Waals surface area contributed by atoms with Gasteiger partial charge in [0.05, 0.1) is 24.4 Å². The van der Waals surface area contributed by atoms with Gasteiger partial charge >= 0.3 is 0 Å². The van der Waals surface area contributed by atoms with E-state index in [1.165, 1.54) is 0 Å². The van der Waals surface area contributed by atoms with E-state index in [0.29, 0.717) is 12.8 Å². The molecule has 0 amide bonds. The van der Waals surface area contributed by atoms with Crippen LogP contribution in [0.15, 0.2) is 9.66 Å². The predicted molar refractivity (Wildman–Crippen MR) is 94.2 cm³/mol. The zero-order valence-electron chi connectivity index (χ0n) is 13.7. The van der Waals surface area contributed by atoms with Gasteiger partial charge in [-0.25, -0.2) is 0 Å². The average Bonchev–Trinajstić information content (AvgIpc) is 2.47. The average molecular weight is 414 g/mol. The van der Waals surface area contributed by atoms with Crippen LogP contribution in [0.2, 0.25) is 0 Å². The van der Waals surface area contributed by atoms with Crippen molar-refractivity contribution in [2.75, 3.05) is 0 Å². The highest BCUT2D eigenvalue weighted by atomic mass is 127. The predicted octanol–water partition coefficient (Wildman–Crippen LogP) is 2.48. The van der Waals surface area contributed by atoms with Crippen molar-refractivity contribution in [3.63, 3.8) is 0 Å². The van der Waals surface area contributed by atoms with E-state index >= 15 is 0 Å².